The first-order valence-corrected chi connectivity index (χ1v) is 11.8. The maximum Gasteiger partial charge on any atom is 0.392 e. The number of nitrogens with zero attached hydrogens (tertiary/aromatic N) is 1. The molecule has 1 aromatic carbocycles. The Morgan fingerprint density at radius 1 is 1.21 bits per heavy atom. The number of amides is 2. The van der Waals surface area contributed by atoms with Crippen molar-refractivity contribution in [2.45, 2.75) is 70.5 Å². The molecule has 0 bridgehead atoms. The van der Waals surface area contributed by atoms with E-state index in [4.69, 9.17) is 16.3 Å². The summed E-state index contributed by atoms with van der Waals surface area (Å²) in [5.74, 6) is -5.60. The van der Waals surface area contributed by atoms with Crippen molar-refractivity contribution in [2.75, 3.05) is 6.61 Å². The fourth-order valence-electron chi connectivity index (χ4n) is 4.99. The fourth-order valence-corrected chi connectivity index (χ4v) is 5.21. The van der Waals surface area contributed by atoms with Crippen molar-refractivity contribution in [3.63, 3.8) is 0 Å². The summed E-state index contributed by atoms with van der Waals surface area (Å²) in [6, 6.07) is 5.86. The molecule has 9 heteroatoms. The zero-order valence-corrected chi connectivity index (χ0v) is 19.3. The molecule has 0 aromatic heterocycles. The molecule has 1 heterocycles. The number of esters is 1. The van der Waals surface area contributed by atoms with Crippen molar-refractivity contribution in [1.29, 1.82) is 0 Å². The van der Waals surface area contributed by atoms with E-state index in [9.17, 15) is 27.6 Å². The van der Waals surface area contributed by atoms with E-state index in [0.29, 0.717) is 42.0 Å². The fraction of sp³-hybridized carbons (Fsp3) is 0.625. The van der Waals surface area contributed by atoms with Gasteiger partial charge in [0, 0.05) is 11.4 Å². The van der Waals surface area contributed by atoms with Crippen molar-refractivity contribution < 1.29 is 32.3 Å². The maximum absolute atomic E-state index is 13.8. The van der Waals surface area contributed by atoms with Gasteiger partial charge in [-0.25, -0.2) is 4.79 Å². The van der Waals surface area contributed by atoms with Gasteiger partial charge < -0.3 is 4.74 Å². The van der Waals surface area contributed by atoms with E-state index in [-0.39, 0.29) is 13.0 Å². The van der Waals surface area contributed by atoms with Gasteiger partial charge in [0.25, 0.3) is 0 Å². The van der Waals surface area contributed by atoms with Crippen LogP contribution in [0.25, 0.3) is 0 Å². The van der Waals surface area contributed by atoms with Gasteiger partial charge in [-0.3, -0.25) is 14.5 Å². The Morgan fingerprint density at radius 3 is 2.52 bits per heavy atom. The molecule has 0 N–H and O–H groups in total. The van der Waals surface area contributed by atoms with Crippen LogP contribution in [0.1, 0.15) is 57.4 Å². The van der Waals surface area contributed by atoms with E-state index in [0.717, 1.165) is 12.0 Å². The molecule has 182 valence electrons. The minimum atomic E-state index is -4.54. The molecule has 33 heavy (non-hydrogen) atoms. The zero-order valence-electron chi connectivity index (χ0n) is 18.6. The van der Waals surface area contributed by atoms with Gasteiger partial charge in [0.1, 0.15) is 6.04 Å². The lowest BCUT2D eigenvalue weighted by molar-refractivity contribution is -0.201. The summed E-state index contributed by atoms with van der Waals surface area (Å²) in [6.07, 6.45) is -1.56. The van der Waals surface area contributed by atoms with Crippen LogP contribution >= 0.6 is 11.6 Å². The minimum Gasteiger partial charge on any atom is -0.464 e. The first kappa shape index (κ1) is 25.5. The molecule has 2 fully saturated rings. The molecule has 3 atom stereocenters. The Hall–Kier alpha value is -2.09. The molecule has 1 saturated heterocycles. The molecular weight excluding hydrogens is 459 g/mol. The van der Waals surface area contributed by atoms with Gasteiger partial charge in [0.05, 0.1) is 18.4 Å². The summed E-state index contributed by atoms with van der Waals surface area (Å²) in [7, 11) is 0. The largest absolute Gasteiger partial charge is 0.464 e. The minimum absolute atomic E-state index is 0.0415. The number of alkyl halides is 3. The number of rotatable bonds is 8. The summed E-state index contributed by atoms with van der Waals surface area (Å²) < 4.78 is 46.4. The Labute approximate surface area is 196 Å². The lowest BCUT2D eigenvalue weighted by Gasteiger charge is -2.44. The SMILES string of the molecule is CCOC(=O)[C@@H]1C(CCc2cccc(Cl)c2)C(=O)N1C(=O)C[C@@H](C1CCCCC1)C(F)(F)F. The topological polar surface area (TPSA) is 63.7 Å². The third kappa shape index (κ3) is 6.08. The lowest BCUT2D eigenvalue weighted by Crippen LogP contribution is -2.67. The smallest absolute Gasteiger partial charge is 0.392 e. The van der Waals surface area contributed by atoms with Crippen molar-refractivity contribution in [1.82, 2.24) is 4.90 Å². The molecule has 2 amide bonds. The third-order valence-corrected chi connectivity index (χ3v) is 6.91. The maximum atomic E-state index is 13.8. The first-order valence-electron chi connectivity index (χ1n) is 11.5. The molecule has 1 aliphatic heterocycles. The summed E-state index contributed by atoms with van der Waals surface area (Å²) in [4.78, 5) is 38.9. The van der Waals surface area contributed by atoms with Gasteiger partial charge in [-0.1, -0.05) is 43.0 Å². The highest BCUT2D eigenvalue weighted by atomic mass is 35.5. The molecule has 1 saturated carbocycles. The second-order valence-electron chi connectivity index (χ2n) is 8.82. The summed E-state index contributed by atoms with van der Waals surface area (Å²) in [5.41, 5.74) is 0.858. The second-order valence-corrected chi connectivity index (χ2v) is 9.26. The Bertz CT molecular complexity index is 870. The van der Waals surface area contributed by atoms with E-state index in [1.54, 1.807) is 25.1 Å². The van der Waals surface area contributed by atoms with Crippen LogP contribution < -0.4 is 0 Å². The number of benzene rings is 1. The average Bonchev–Trinajstić information content (AvgIpc) is 2.75. The second kappa shape index (κ2) is 10.9. The number of ether oxygens (including phenoxy) is 1. The Balaban J connectivity index is 1.73. The van der Waals surface area contributed by atoms with Crippen LogP contribution in [0, 0.1) is 17.8 Å². The third-order valence-electron chi connectivity index (χ3n) is 6.68. The number of β-lactam (4-membered cyclic amide) rings is 1. The van der Waals surface area contributed by atoms with Gasteiger partial charge in [-0.05, 0) is 56.2 Å². The average molecular weight is 488 g/mol. The molecule has 1 aromatic rings. The zero-order chi connectivity index (χ0) is 24.2. The highest BCUT2D eigenvalue weighted by molar-refractivity contribution is 6.30. The van der Waals surface area contributed by atoms with Crippen molar-refractivity contribution in [3.8, 4) is 0 Å². The van der Waals surface area contributed by atoms with Crippen molar-refractivity contribution >= 4 is 29.4 Å². The molecule has 1 aliphatic carbocycles. The van der Waals surface area contributed by atoms with Gasteiger partial charge in [-0.2, -0.15) is 13.2 Å². The predicted molar refractivity (Wildman–Crippen MR) is 116 cm³/mol. The van der Waals surface area contributed by atoms with E-state index >= 15 is 0 Å². The van der Waals surface area contributed by atoms with Gasteiger partial charge in [0.15, 0.2) is 0 Å². The van der Waals surface area contributed by atoms with E-state index in [1.807, 2.05) is 6.07 Å². The van der Waals surface area contributed by atoms with Crippen LogP contribution in [0.2, 0.25) is 5.02 Å². The van der Waals surface area contributed by atoms with Crippen LogP contribution in [0.5, 0.6) is 0 Å². The standard InChI is InChI=1S/C24H29ClF3NO4/c1-2-33-23(32)21-18(12-11-15-7-6-10-17(25)13-15)22(31)29(21)20(30)14-19(24(26,27)28)16-8-4-3-5-9-16/h6-7,10,13,16,18-19,21H,2-5,8-9,11-12,14H2,1H3/t18?,19-,21-/m0/s1. The molecule has 1 unspecified atom stereocenters. The predicted octanol–water partition coefficient (Wildman–Crippen LogP) is 5.34. The van der Waals surface area contributed by atoms with E-state index < -0.39 is 54.2 Å². The number of aryl methyl sites for hydroxylation is 1. The molecule has 2 aliphatic rings. The molecule has 0 radical (unpaired) electrons. The van der Waals surface area contributed by atoms with Crippen LogP contribution in [0.4, 0.5) is 13.2 Å². The Kier molecular flexibility index (Phi) is 8.43. The number of carbonyl (C=O) groups is 3. The van der Waals surface area contributed by atoms with Crippen LogP contribution in [0.3, 0.4) is 0 Å². The highest BCUT2D eigenvalue weighted by Gasteiger charge is 2.56. The lowest BCUT2D eigenvalue weighted by atomic mass is 9.77. The van der Waals surface area contributed by atoms with Crippen LogP contribution in [0.15, 0.2) is 24.3 Å². The van der Waals surface area contributed by atoms with Crippen LogP contribution in [-0.4, -0.2) is 41.5 Å². The van der Waals surface area contributed by atoms with E-state index in [2.05, 4.69) is 0 Å². The summed E-state index contributed by atoms with van der Waals surface area (Å²) >= 11 is 5.99. The van der Waals surface area contributed by atoms with Gasteiger partial charge >= 0.3 is 12.1 Å². The number of carbonyl (C=O) groups excluding carboxylic acids is 3. The highest BCUT2D eigenvalue weighted by Crippen LogP contribution is 2.43. The molecule has 0 spiro atoms. The van der Waals surface area contributed by atoms with Gasteiger partial charge in [-0.15, -0.1) is 0 Å². The molecule has 5 nitrogen and oxygen atoms in total. The summed E-state index contributed by atoms with van der Waals surface area (Å²) in [5, 5.41) is 0.534. The van der Waals surface area contributed by atoms with Gasteiger partial charge in [0.2, 0.25) is 11.8 Å². The normalized spacial score (nSPS) is 22.6. The monoisotopic (exact) mass is 487 g/mol. The van der Waals surface area contributed by atoms with Crippen LogP contribution in [-0.2, 0) is 25.5 Å². The number of likely N-dealkylation sites (tertiary alicyclic amines) is 1. The quantitative estimate of drug-likeness (QED) is 0.367. The Morgan fingerprint density at radius 2 is 1.91 bits per heavy atom. The molecule has 3 rings (SSSR count). The van der Waals surface area contributed by atoms with E-state index in [1.165, 1.54) is 0 Å². The number of hydrogen-bond acceptors (Lipinski definition) is 4. The number of hydrogen-bond donors (Lipinski definition) is 0. The molecular formula is C24H29ClF3NO4. The number of imide groups is 1. The number of halogens is 4. The summed E-state index contributed by atoms with van der Waals surface area (Å²) in [6.45, 7) is 1.63. The van der Waals surface area contributed by atoms with Crippen molar-refractivity contribution in [3.05, 3.63) is 34.9 Å². The first-order chi connectivity index (χ1) is 15.6. The van der Waals surface area contributed by atoms with Crippen molar-refractivity contribution in [2.24, 2.45) is 17.8 Å².